The predicted molar refractivity (Wildman–Crippen MR) is 135 cm³/mol. The molecule has 0 saturated heterocycles. The molecule has 0 bridgehead atoms. The molecule has 5 rings (SSSR count). The van der Waals surface area contributed by atoms with Crippen LogP contribution in [0.5, 0.6) is 0 Å². The molecule has 4 heteroatoms. The molecule has 0 aromatic carbocycles. The maximum absolute atomic E-state index is 11.6. The predicted octanol–water partition coefficient (Wildman–Crippen LogP) is 5.08. The van der Waals surface area contributed by atoms with Crippen LogP contribution in [0.2, 0.25) is 0 Å². The van der Waals surface area contributed by atoms with Crippen LogP contribution in [0.4, 0.5) is 0 Å². The minimum absolute atomic E-state index is 0.0473. The van der Waals surface area contributed by atoms with Crippen LogP contribution in [-0.2, 0) is 0 Å². The lowest BCUT2D eigenvalue weighted by Crippen LogP contribution is -2.58. The van der Waals surface area contributed by atoms with E-state index in [1.54, 1.807) is 5.57 Å². The molecule has 4 nitrogen and oxygen atoms in total. The standard InChI is InChI=1S/C30H50O4/c1-26(2)22-11-10-19-18(28(22,5)14-13-23(26)32)12-15-29(6)24(21(31)16-30(19,29)7)17-8-9-20(25(17)33)27(3,4)34/h10,17-18,20-25,31-34H,8-9,11-16H2,1-7H3/t17-,18-,20?,21-,22-,23-,24+,25?,28+,29-,30+/m0/s1. The zero-order chi connectivity index (χ0) is 25.1. The Hall–Kier alpha value is -0.420. The van der Waals surface area contributed by atoms with Gasteiger partial charge in [-0.15, -0.1) is 0 Å². The van der Waals surface area contributed by atoms with Crippen molar-refractivity contribution in [1.82, 2.24) is 0 Å². The van der Waals surface area contributed by atoms with Crippen molar-refractivity contribution in [3.63, 3.8) is 0 Å². The summed E-state index contributed by atoms with van der Waals surface area (Å²) in [6, 6.07) is 0. The zero-order valence-electron chi connectivity index (χ0n) is 22.6. The highest BCUT2D eigenvalue weighted by atomic mass is 16.3. The van der Waals surface area contributed by atoms with E-state index >= 15 is 0 Å². The van der Waals surface area contributed by atoms with Crippen molar-refractivity contribution in [2.24, 2.45) is 51.2 Å². The first-order chi connectivity index (χ1) is 15.6. The smallest absolute Gasteiger partial charge is 0.0644 e. The lowest BCUT2D eigenvalue weighted by molar-refractivity contribution is -0.134. The van der Waals surface area contributed by atoms with Crippen molar-refractivity contribution < 1.29 is 20.4 Å². The van der Waals surface area contributed by atoms with Gasteiger partial charge in [0.05, 0.1) is 23.9 Å². The van der Waals surface area contributed by atoms with E-state index in [1.165, 1.54) is 0 Å². The van der Waals surface area contributed by atoms with Gasteiger partial charge in [0.25, 0.3) is 0 Å². The molecule has 0 radical (unpaired) electrons. The minimum atomic E-state index is -0.895. The fourth-order valence-corrected chi connectivity index (χ4v) is 10.7. The van der Waals surface area contributed by atoms with Crippen LogP contribution in [0.15, 0.2) is 11.6 Å². The lowest BCUT2D eigenvalue weighted by Gasteiger charge is -2.64. The molecule has 0 aliphatic heterocycles. The van der Waals surface area contributed by atoms with Gasteiger partial charge in [-0.3, -0.25) is 0 Å². The maximum Gasteiger partial charge on any atom is 0.0644 e. The molecule has 194 valence electrons. The van der Waals surface area contributed by atoms with E-state index in [4.69, 9.17) is 0 Å². The number of fused-ring (bicyclic) bond motifs is 5. The molecule has 5 aliphatic rings. The second kappa shape index (κ2) is 7.55. The van der Waals surface area contributed by atoms with Crippen LogP contribution in [0.25, 0.3) is 0 Å². The third-order valence-corrected chi connectivity index (χ3v) is 12.9. The van der Waals surface area contributed by atoms with Crippen molar-refractivity contribution >= 4 is 0 Å². The molecule has 0 heterocycles. The molecule has 2 unspecified atom stereocenters. The second-order valence-corrected chi connectivity index (χ2v) is 15.0. The van der Waals surface area contributed by atoms with E-state index < -0.39 is 17.8 Å². The molecule has 4 fully saturated rings. The molecular weight excluding hydrogens is 424 g/mol. The Bertz CT molecular complexity index is 856. The average molecular weight is 475 g/mol. The molecule has 0 aromatic rings. The summed E-state index contributed by atoms with van der Waals surface area (Å²) in [6.45, 7) is 15.5. The molecule has 4 N–H and O–H groups in total. The van der Waals surface area contributed by atoms with E-state index in [-0.39, 0.29) is 45.5 Å². The topological polar surface area (TPSA) is 80.9 Å². The van der Waals surface area contributed by atoms with Gasteiger partial charge >= 0.3 is 0 Å². The van der Waals surface area contributed by atoms with Crippen LogP contribution in [-0.4, -0.2) is 44.3 Å². The van der Waals surface area contributed by atoms with Gasteiger partial charge in [-0.25, -0.2) is 0 Å². The van der Waals surface area contributed by atoms with Gasteiger partial charge in [-0.1, -0.05) is 46.3 Å². The van der Waals surface area contributed by atoms with Crippen molar-refractivity contribution in [3.05, 3.63) is 11.6 Å². The molecule has 4 saturated carbocycles. The summed E-state index contributed by atoms with van der Waals surface area (Å²) in [5, 5.41) is 44.4. The number of aliphatic hydroxyl groups excluding tert-OH is 3. The van der Waals surface area contributed by atoms with Crippen molar-refractivity contribution in [3.8, 4) is 0 Å². The van der Waals surface area contributed by atoms with Gasteiger partial charge in [0, 0.05) is 5.92 Å². The van der Waals surface area contributed by atoms with Crippen LogP contribution in [0, 0.1) is 51.2 Å². The Morgan fingerprint density at radius 1 is 0.912 bits per heavy atom. The van der Waals surface area contributed by atoms with Gasteiger partial charge in [0.1, 0.15) is 0 Å². The Morgan fingerprint density at radius 3 is 2.21 bits per heavy atom. The zero-order valence-corrected chi connectivity index (χ0v) is 22.6. The van der Waals surface area contributed by atoms with E-state index in [1.807, 2.05) is 13.8 Å². The van der Waals surface area contributed by atoms with Crippen LogP contribution in [0.1, 0.15) is 99.8 Å². The normalized spacial score (nSPS) is 54.7. The van der Waals surface area contributed by atoms with Gasteiger partial charge < -0.3 is 20.4 Å². The lowest BCUT2D eigenvalue weighted by atomic mass is 9.41. The summed E-state index contributed by atoms with van der Waals surface area (Å²) in [4.78, 5) is 0. The van der Waals surface area contributed by atoms with Gasteiger partial charge in [-0.2, -0.15) is 0 Å². The first kappa shape index (κ1) is 25.2. The Balaban J connectivity index is 1.50. The Kier molecular flexibility index (Phi) is 5.61. The summed E-state index contributed by atoms with van der Waals surface area (Å²) >= 11 is 0. The Morgan fingerprint density at radius 2 is 1.59 bits per heavy atom. The van der Waals surface area contributed by atoms with E-state index in [0.29, 0.717) is 11.8 Å². The highest BCUT2D eigenvalue weighted by molar-refractivity contribution is 5.34. The summed E-state index contributed by atoms with van der Waals surface area (Å²) < 4.78 is 0. The SMILES string of the molecule is CC(C)(O)C1CC[C@@H]([C@@H]2[C@@H](O)C[C@]3(C)C4=CC[C@H]5C(C)(C)[C@@H](O)CC[C@]5(C)[C@H]4CC[C@@]23C)C1O. The Labute approximate surface area is 207 Å². The quantitative estimate of drug-likeness (QED) is 0.421. The summed E-state index contributed by atoms with van der Waals surface area (Å²) in [5.74, 6) is 0.986. The fraction of sp³-hybridized carbons (Fsp3) is 0.933. The van der Waals surface area contributed by atoms with Crippen molar-refractivity contribution in [2.45, 2.75) is 124 Å². The number of aliphatic hydroxyl groups is 4. The number of allylic oxidation sites excluding steroid dienone is 2. The van der Waals surface area contributed by atoms with Gasteiger partial charge in [-0.05, 0) is 111 Å². The summed E-state index contributed by atoms with van der Waals surface area (Å²) in [6.07, 6.45) is 9.02. The summed E-state index contributed by atoms with van der Waals surface area (Å²) in [7, 11) is 0. The molecule has 5 aliphatic carbocycles. The molecule has 0 spiro atoms. The third-order valence-electron chi connectivity index (χ3n) is 12.9. The van der Waals surface area contributed by atoms with Gasteiger partial charge in [0.15, 0.2) is 0 Å². The fourth-order valence-electron chi connectivity index (χ4n) is 10.7. The molecule has 0 aromatic heterocycles. The monoisotopic (exact) mass is 474 g/mol. The van der Waals surface area contributed by atoms with E-state index in [9.17, 15) is 20.4 Å². The second-order valence-electron chi connectivity index (χ2n) is 15.0. The number of hydrogen-bond acceptors (Lipinski definition) is 4. The summed E-state index contributed by atoms with van der Waals surface area (Å²) in [5.41, 5.74) is 0.670. The van der Waals surface area contributed by atoms with Crippen molar-refractivity contribution in [2.75, 3.05) is 0 Å². The highest BCUT2D eigenvalue weighted by Gasteiger charge is 2.68. The highest BCUT2D eigenvalue weighted by Crippen LogP contribution is 2.74. The number of rotatable bonds is 2. The third kappa shape index (κ3) is 3.10. The van der Waals surface area contributed by atoms with E-state index in [0.717, 1.165) is 51.4 Å². The first-order valence-electron chi connectivity index (χ1n) is 14.1. The molecule has 11 atom stereocenters. The van der Waals surface area contributed by atoms with Crippen LogP contribution in [0.3, 0.4) is 0 Å². The van der Waals surface area contributed by atoms with Crippen LogP contribution >= 0.6 is 0 Å². The van der Waals surface area contributed by atoms with Crippen molar-refractivity contribution in [1.29, 1.82) is 0 Å². The average Bonchev–Trinajstić information content (AvgIpc) is 3.19. The van der Waals surface area contributed by atoms with E-state index in [2.05, 4.69) is 40.7 Å². The molecular formula is C30H50O4. The maximum atomic E-state index is 11.6. The van der Waals surface area contributed by atoms with Crippen LogP contribution < -0.4 is 0 Å². The largest absolute Gasteiger partial charge is 0.393 e. The molecule has 0 amide bonds. The first-order valence-corrected chi connectivity index (χ1v) is 14.1. The van der Waals surface area contributed by atoms with Gasteiger partial charge in [0.2, 0.25) is 0 Å². The molecule has 34 heavy (non-hydrogen) atoms. The number of hydrogen-bond donors (Lipinski definition) is 4. The minimum Gasteiger partial charge on any atom is -0.393 e.